The van der Waals surface area contributed by atoms with E-state index in [1.807, 2.05) is 35.7 Å². The van der Waals surface area contributed by atoms with Crippen LogP contribution >= 0.6 is 24.0 Å². The SMILES string of the molecule is Cc1c(C(=O)N2CCNCC2c2nccn2C)oc2ccc(Cl)cc12.Cl. The van der Waals surface area contributed by atoms with Crippen LogP contribution in [0.4, 0.5) is 0 Å². The number of amides is 1. The fourth-order valence-electron chi connectivity index (χ4n) is 3.40. The van der Waals surface area contributed by atoms with Gasteiger partial charge in [-0.15, -0.1) is 12.4 Å². The number of furan rings is 1. The van der Waals surface area contributed by atoms with Crippen molar-refractivity contribution in [2.24, 2.45) is 7.05 Å². The molecule has 2 aromatic heterocycles. The van der Waals surface area contributed by atoms with Gasteiger partial charge in [0.25, 0.3) is 5.91 Å². The summed E-state index contributed by atoms with van der Waals surface area (Å²) in [7, 11) is 1.94. The molecule has 1 N–H and O–H groups in total. The number of carbonyl (C=O) groups excluding carboxylic acids is 1. The van der Waals surface area contributed by atoms with Crippen molar-refractivity contribution in [1.29, 1.82) is 0 Å². The molecular formula is C18H20Cl2N4O2. The molecule has 1 amide bonds. The number of aromatic nitrogens is 2. The first-order valence-corrected chi connectivity index (χ1v) is 8.61. The van der Waals surface area contributed by atoms with Crippen molar-refractivity contribution >= 4 is 40.9 Å². The van der Waals surface area contributed by atoms with Gasteiger partial charge in [0, 0.05) is 55.0 Å². The maximum absolute atomic E-state index is 13.2. The molecule has 3 heterocycles. The Labute approximate surface area is 162 Å². The molecule has 0 saturated carbocycles. The minimum atomic E-state index is -0.127. The number of fused-ring (bicyclic) bond motifs is 1. The second-order valence-corrected chi connectivity index (χ2v) is 6.75. The van der Waals surface area contributed by atoms with E-state index in [0.717, 1.165) is 23.3 Å². The summed E-state index contributed by atoms with van der Waals surface area (Å²) in [6.45, 7) is 3.92. The maximum Gasteiger partial charge on any atom is 0.290 e. The molecule has 1 saturated heterocycles. The topological polar surface area (TPSA) is 63.3 Å². The third-order valence-corrected chi connectivity index (χ3v) is 4.99. The zero-order valence-electron chi connectivity index (χ0n) is 14.5. The fourth-order valence-corrected chi connectivity index (χ4v) is 3.58. The molecule has 1 unspecified atom stereocenters. The Balaban J connectivity index is 0.00000196. The summed E-state index contributed by atoms with van der Waals surface area (Å²) in [5, 5.41) is 4.84. The Hall–Kier alpha value is -2.02. The van der Waals surface area contributed by atoms with Crippen LogP contribution in [0.5, 0.6) is 0 Å². The van der Waals surface area contributed by atoms with Gasteiger partial charge in [-0.2, -0.15) is 0 Å². The van der Waals surface area contributed by atoms with Crippen molar-refractivity contribution < 1.29 is 9.21 Å². The Bertz CT molecular complexity index is 950. The van der Waals surface area contributed by atoms with Gasteiger partial charge in [0.2, 0.25) is 0 Å². The number of benzene rings is 1. The number of nitrogens with one attached hydrogen (secondary N) is 1. The van der Waals surface area contributed by atoms with Crippen molar-refractivity contribution in [3.8, 4) is 0 Å². The van der Waals surface area contributed by atoms with Crippen molar-refractivity contribution in [2.75, 3.05) is 19.6 Å². The number of halogens is 2. The molecule has 1 atom stereocenters. The second-order valence-electron chi connectivity index (χ2n) is 6.31. The van der Waals surface area contributed by atoms with E-state index in [-0.39, 0.29) is 24.4 Å². The lowest BCUT2D eigenvalue weighted by Gasteiger charge is -2.35. The summed E-state index contributed by atoms with van der Waals surface area (Å²) in [5.41, 5.74) is 1.49. The third-order valence-electron chi connectivity index (χ3n) is 4.75. The minimum absolute atomic E-state index is 0. The van der Waals surface area contributed by atoms with E-state index in [4.69, 9.17) is 16.0 Å². The lowest BCUT2D eigenvalue weighted by Crippen LogP contribution is -2.49. The smallest absolute Gasteiger partial charge is 0.290 e. The van der Waals surface area contributed by atoms with Gasteiger partial charge in [-0.05, 0) is 25.1 Å². The van der Waals surface area contributed by atoms with E-state index in [0.29, 0.717) is 29.5 Å². The zero-order chi connectivity index (χ0) is 17.6. The summed E-state index contributed by atoms with van der Waals surface area (Å²) in [5.74, 6) is 1.12. The number of aryl methyl sites for hydroxylation is 2. The van der Waals surface area contributed by atoms with E-state index in [9.17, 15) is 4.79 Å². The Morgan fingerprint density at radius 1 is 1.42 bits per heavy atom. The van der Waals surface area contributed by atoms with Gasteiger partial charge in [0.15, 0.2) is 5.76 Å². The number of rotatable bonds is 2. The highest BCUT2D eigenvalue weighted by Gasteiger charge is 2.33. The third kappa shape index (κ3) is 3.09. The van der Waals surface area contributed by atoms with Crippen LogP contribution in [0, 0.1) is 6.92 Å². The zero-order valence-corrected chi connectivity index (χ0v) is 16.1. The van der Waals surface area contributed by atoms with Crippen LogP contribution in [-0.2, 0) is 7.05 Å². The molecule has 0 bridgehead atoms. The molecule has 3 aromatic rings. The molecule has 0 aliphatic carbocycles. The maximum atomic E-state index is 13.2. The summed E-state index contributed by atoms with van der Waals surface area (Å²) >= 11 is 6.08. The van der Waals surface area contributed by atoms with Crippen LogP contribution in [0.1, 0.15) is 28.0 Å². The molecule has 138 valence electrons. The normalized spacial score (nSPS) is 17.3. The van der Waals surface area contributed by atoms with Crippen LogP contribution in [0.15, 0.2) is 35.0 Å². The lowest BCUT2D eigenvalue weighted by molar-refractivity contribution is 0.0589. The standard InChI is InChI=1S/C18H19ClN4O2.ClH/c1-11-13-9-12(19)3-4-15(13)25-16(11)18(24)23-8-5-20-10-14(23)17-21-6-7-22(17)2;/h3-4,6-7,9,14,20H,5,8,10H2,1-2H3;1H. The fraction of sp³-hybridized carbons (Fsp3) is 0.333. The highest BCUT2D eigenvalue weighted by molar-refractivity contribution is 6.31. The number of hydrogen-bond acceptors (Lipinski definition) is 4. The minimum Gasteiger partial charge on any atom is -0.451 e. The van der Waals surface area contributed by atoms with E-state index < -0.39 is 0 Å². The highest BCUT2D eigenvalue weighted by atomic mass is 35.5. The van der Waals surface area contributed by atoms with Crippen LogP contribution in [0.3, 0.4) is 0 Å². The van der Waals surface area contributed by atoms with E-state index in [1.54, 1.807) is 18.3 Å². The van der Waals surface area contributed by atoms with Gasteiger partial charge in [-0.1, -0.05) is 11.6 Å². The van der Waals surface area contributed by atoms with E-state index in [2.05, 4.69) is 10.3 Å². The first-order valence-electron chi connectivity index (χ1n) is 8.24. The van der Waals surface area contributed by atoms with Gasteiger partial charge in [0.1, 0.15) is 17.4 Å². The number of imidazole rings is 1. The number of nitrogens with zero attached hydrogens (tertiary/aromatic N) is 3. The molecule has 1 aliphatic heterocycles. The molecule has 1 aliphatic rings. The van der Waals surface area contributed by atoms with Gasteiger partial charge < -0.3 is 19.2 Å². The van der Waals surface area contributed by atoms with Crippen molar-refractivity contribution in [3.05, 3.63) is 52.8 Å². The Morgan fingerprint density at radius 3 is 2.96 bits per heavy atom. The molecule has 1 fully saturated rings. The summed E-state index contributed by atoms with van der Waals surface area (Å²) in [6.07, 6.45) is 3.64. The molecule has 0 radical (unpaired) electrons. The average molecular weight is 395 g/mol. The molecular weight excluding hydrogens is 375 g/mol. The van der Waals surface area contributed by atoms with Crippen molar-refractivity contribution in [1.82, 2.24) is 19.8 Å². The second kappa shape index (κ2) is 7.31. The van der Waals surface area contributed by atoms with Crippen LogP contribution in [0.25, 0.3) is 11.0 Å². The number of carbonyl (C=O) groups is 1. The summed E-state index contributed by atoms with van der Waals surface area (Å²) in [6, 6.07) is 5.27. The molecule has 1 aromatic carbocycles. The average Bonchev–Trinajstić information content (AvgIpc) is 3.18. The van der Waals surface area contributed by atoms with Gasteiger partial charge in [0.05, 0.1) is 0 Å². The Morgan fingerprint density at radius 2 is 2.23 bits per heavy atom. The van der Waals surface area contributed by atoms with Gasteiger partial charge in [-0.25, -0.2) is 4.98 Å². The Kier molecular flexibility index (Phi) is 5.27. The summed E-state index contributed by atoms with van der Waals surface area (Å²) in [4.78, 5) is 19.5. The van der Waals surface area contributed by atoms with E-state index >= 15 is 0 Å². The molecule has 0 spiro atoms. The molecule has 26 heavy (non-hydrogen) atoms. The van der Waals surface area contributed by atoms with Gasteiger partial charge in [-0.3, -0.25) is 4.79 Å². The van der Waals surface area contributed by atoms with E-state index in [1.165, 1.54) is 0 Å². The number of hydrogen-bond donors (Lipinski definition) is 1. The van der Waals surface area contributed by atoms with Crippen molar-refractivity contribution in [3.63, 3.8) is 0 Å². The quantitative estimate of drug-likeness (QED) is 0.723. The predicted octanol–water partition coefficient (Wildman–Crippen LogP) is 3.34. The van der Waals surface area contributed by atoms with Crippen molar-refractivity contribution in [2.45, 2.75) is 13.0 Å². The monoisotopic (exact) mass is 394 g/mol. The van der Waals surface area contributed by atoms with Crippen LogP contribution < -0.4 is 5.32 Å². The predicted molar refractivity (Wildman–Crippen MR) is 103 cm³/mol. The molecule has 6 nitrogen and oxygen atoms in total. The highest BCUT2D eigenvalue weighted by Crippen LogP contribution is 2.31. The van der Waals surface area contributed by atoms with Crippen LogP contribution in [0.2, 0.25) is 5.02 Å². The first kappa shape index (κ1) is 18.8. The number of piperazine rings is 1. The lowest BCUT2D eigenvalue weighted by atomic mass is 10.1. The summed E-state index contributed by atoms with van der Waals surface area (Å²) < 4.78 is 7.81. The first-order chi connectivity index (χ1) is 12.1. The molecule has 8 heteroatoms. The van der Waals surface area contributed by atoms with Gasteiger partial charge >= 0.3 is 0 Å². The molecule has 4 rings (SSSR count). The largest absolute Gasteiger partial charge is 0.451 e. The van der Waals surface area contributed by atoms with Crippen LogP contribution in [-0.4, -0.2) is 40.0 Å².